The molecule has 3 aromatic rings. The van der Waals surface area contributed by atoms with Crippen LogP contribution in [0.2, 0.25) is 5.02 Å². The molecule has 4 nitrogen and oxygen atoms in total. The predicted octanol–water partition coefficient (Wildman–Crippen LogP) is 4.46. The Balaban J connectivity index is 1.92. The maximum Gasteiger partial charge on any atom is 0.257 e. The first-order valence-corrected chi connectivity index (χ1v) is 7.98. The molecule has 0 saturated carbocycles. The molecule has 2 aromatic heterocycles. The van der Waals surface area contributed by atoms with Gasteiger partial charge in [0.15, 0.2) is 5.13 Å². The number of thiazole rings is 1. The van der Waals surface area contributed by atoms with Crippen LogP contribution in [0.1, 0.15) is 21.7 Å². The van der Waals surface area contributed by atoms with E-state index in [1.807, 2.05) is 35.9 Å². The van der Waals surface area contributed by atoms with Crippen molar-refractivity contribution >= 4 is 34.5 Å². The van der Waals surface area contributed by atoms with E-state index in [1.54, 1.807) is 24.4 Å². The van der Waals surface area contributed by atoms with Crippen LogP contribution in [0.4, 0.5) is 5.69 Å². The molecular weight excluding hydrogens is 318 g/mol. The number of nitrogens with one attached hydrogen (secondary N) is 1. The number of rotatable bonds is 3. The molecule has 0 radical (unpaired) electrons. The number of hydrogen-bond acceptors (Lipinski definition) is 3. The molecule has 1 aromatic carbocycles. The van der Waals surface area contributed by atoms with Gasteiger partial charge in [-0.2, -0.15) is 0 Å². The van der Waals surface area contributed by atoms with Crippen molar-refractivity contribution in [1.29, 1.82) is 0 Å². The van der Waals surface area contributed by atoms with Crippen molar-refractivity contribution in [2.24, 2.45) is 0 Å². The van der Waals surface area contributed by atoms with Gasteiger partial charge < -0.3 is 5.32 Å². The number of aryl methyl sites for hydroxylation is 1. The van der Waals surface area contributed by atoms with Gasteiger partial charge in [-0.05, 0) is 38.1 Å². The van der Waals surface area contributed by atoms with E-state index in [0.717, 1.165) is 16.5 Å². The molecule has 2 heterocycles. The largest absolute Gasteiger partial charge is 0.322 e. The normalized spacial score (nSPS) is 10.7. The van der Waals surface area contributed by atoms with Gasteiger partial charge >= 0.3 is 0 Å². The molecular formula is C16H14ClN3OS. The average Bonchev–Trinajstić information content (AvgIpc) is 3.07. The summed E-state index contributed by atoms with van der Waals surface area (Å²) in [5.74, 6) is -0.154. The number of nitrogens with zero attached hydrogens (tertiary/aromatic N) is 2. The number of carbonyl (C=O) groups is 1. The summed E-state index contributed by atoms with van der Waals surface area (Å²) in [4.78, 5) is 16.8. The van der Waals surface area contributed by atoms with Crippen LogP contribution in [-0.4, -0.2) is 15.5 Å². The summed E-state index contributed by atoms with van der Waals surface area (Å²) in [5, 5.41) is 6.24. The van der Waals surface area contributed by atoms with Crippen molar-refractivity contribution in [3.05, 3.63) is 63.9 Å². The highest BCUT2D eigenvalue weighted by atomic mass is 35.5. The summed E-state index contributed by atoms with van der Waals surface area (Å²) in [6.45, 7) is 3.88. The SMILES string of the molecule is Cc1cc(C(=O)Nc2cccc(Cl)c2)c(C)n1-c1nccs1. The summed E-state index contributed by atoms with van der Waals surface area (Å²) in [6.07, 6.45) is 1.75. The molecule has 3 rings (SSSR count). The van der Waals surface area contributed by atoms with E-state index < -0.39 is 0 Å². The minimum absolute atomic E-state index is 0.154. The number of benzene rings is 1. The fraction of sp³-hybridized carbons (Fsp3) is 0.125. The third-order valence-corrected chi connectivity index (χ3v) is 4.36. The monoisotopic (exact) mass is 331 g/mol. The highest BCUT2D eigenvalue weighted by Crippen LogP contribution is 2.23. The maximum absolute atomic E-state index is 12.5. The molecule has 1 amide bonds. The topological polar surface area (TPSA) is 46.9 Å². The Hall–Kier alpha value is -2.11. The zero-order valence-corrected chi connectivity index (χ0v) is 13.7. The standard InChI is InChI=1S/C16H14ClN3OS/c1-10-8-14(11(2)20(10)16-18-6-7-22-16)15(21)19-13-5-3-4-12(17)9-13/h3-9H,1-2H3,(H,19,21). The van der Waals surface area contributed by atoms with Crippen LogP contribution < -0.4 is 5.32 Å². The lowest BCUT2D eigenvalue weighted by Crippen LogP contribution is -2.13. The zero-order chi connectivity index (χ0) is 15.7. The van der Waals surface area contributed by atoms with E-state index in [4.69, 9.17) is 11.6 Å². The van der Waals surface area contributed by atoms with Gasteiger partial charge in [0.25, 0.3) is 5.91 Å². The van der Waals surface area contributed by atoms with E-state index in [1.165, 1.54) is 11.3 Å². The van der Waals surface area contributed by atoms with E-state index in [2.05, 4.69) is 10.3 Å². The molecule has 0 aliphatic heterocycles. The molecule has 22 heavy (non-hydrogen) atoms. The van der Waals surface area contributed by atoms with Gasteiger partial charge in [-0.15, -0.1) is 11.3 Å². The van der Waals surface area contributed by atoms with Crippen molar-refractivity contribution in [1.82, 2.24) is 9.55 Å². The fourth-order valence-corrected chi connectivity index (χ4v) is 3.32. The minimum Gasteiger partial charge on any atom is -0.322 e. The van der Waals surface area contributed by atoms with Gasteiger partial charge in [-0.1, -0.05) is 17.7 Å². The van der Waals surface area contributed by atoms with E-state index >= 15 is 0 Å². The molecule has 112 valence electrons. The van der Waals surface area contributed by atoms with Gasteiger partial charge in [0.2, 0.25) is 0 Å². The Morgan fingerprint density at radius 2 is 2.14 bits per heavy atom. The van der Waals surface area contributed by atoms with Gasteiger partial charge in [-0.25, -0.2) is 4.98 Å². The molecule has 0 fully saturated rings. The number of anilines is 1. The second-order valence-electron chi connectivity index (χ2n) is 4.90. The molecule has 0 aliphatic rings. The van der Waals surface area contributed by atoms with E-state index in [0.29, 0.717) is 16.3 Å². The molecule has 0 saturated heterocycles. The Morgan fingerprint density at radius 3 is 2.82 bits per heavy atom. The van der Waals surface area contributed by atoms with Crippen molar-refractivity contribution in [2.75, 3.05) is 5.32 Å². The van der Waals surface area contributed by atoms with Crippen molar-refractivity contribution < 1.29 is 4.79 Å². The highest BCUT2D eigenvalue weighted by molar-refractivity contribution is 7.12. The highest BCUT2D eigenvalue weighted by Gasteiger charge is 2.17. The molecule has 0 aliphatic carbocycles. The lowest BCUT2D eigenvalue weighted by molar-refractivity contribution is 0.102. The lowest BCUT2D eigenvalue weighted by Gasteiger charge is -2.07. The van der Waals surface area contributed by atoms with Crippen molar-refractivity contribution in [3.63, 3.8) is 0 Å². The molecule has 1 N–H and O–H groups in total. The van der Waals surface area contributed by atoms with E-state index in [9.17, 15) is 4.79 Å². The van der Waals surface area contributed by atoms with Crippen LogP contribution in [-0.2, 0) is 0 Å². The summed E-state index contributed by atoms with van der Waals surface area (Å²) in [6, 6.07) is 8.97. The van der Waals surface area contributed by atoms with Gasteiger partial charge in [0.05, 0.1) is 5.56 Å². The van der Waals surface area contributed by atoms with Crippen LogP contribution >= 0.6 is 22.9 Å². The minimum atomic E-state index is -0.154. The Morgan fingerprint density at radius 1 is 1.32 bits per heavy atom. The van der Waals surface area contributed by atoms with Crippen LogP contribution in [0.15, 0.2) is 41.9 Å². The number of hydrogen-bond donors (Lipinski definition) is 1. The van der Waals surface area contributed by atoms with Crippen LogP contribution in [0.25, 0.3) is 5.13 Å². The smallest absolute Gasteiger partial charge is 0.257 e. The van der Waals surface area contributed by atoms with Gasteiger partial charge in [0, 0.05) is 33.7 Å². The second kappa shape index (κ2) is 5.94. The van der Waals surface area contributed by atoms with Gasteiger partial charge in [-0.3, -0.25) is 9.36 Å². The molecule has 0 unspecified atom stereocenters. The van der Waals surface area contributed by atoms with Crippen molar-refractivity contribution in [2.45, 2.75) is 13.8 Å². The number of aromatic nitrogens is 2. The molecule has 0 spiro atoms. The maximum atomic E-state index is 12.5. The molecule has 0 bridgehead atoms. The van der Waals surface area contributed by atoms with Crippen LogP contribution in [0.3, 0.4) is 0 Å². The quantitative estimate of drug-likeness (QED) is 0.770. The first-order chi connectivity index (χ1) is 10.6. The van der Waals surface area contributed by atoms with Crippen LogP contribution in [0.5, 0.6) is 0 Å². The van der Waals surface area contributed by atoms with Gasteiger partial charge in [0.1, 0.15) is 0 Å². The first-order valence-electron chi connectivity index (χ1n) is 6.72. The summed E-state index contributed by atoms with van der Waals surface area (Å²) < 4.78 is 1.98. The predicted molar refractivity (Wildman–Crippen MR) is 90.3 cm³/mol. The zero-order valence-electron chi connectivity index (χ0n) is 12.1. The third-order valence-electron chi connectivity index (χ3n) is 3.37. The Bertz CT molecular complexity index is 824. The Kier molecular flexibility index (Phi) is 4.00. The summed E-state index contributed by atoms with van der Waals surface area (Å²) in [7, 11) is 0. The molecule has 0 atom stereocenters. The Labute approximate surface area is 137 Å². The molecule has 6 heteroatoms. The first kappa shape index (κ1) is 14.8. The van der Waals surface area contributed by atoms with E-state index in [-0.39, 0.29) is 5.91 Å². The lowest BCUT2D eigenvalue weighted by atomic mass is 10.2. The number of halogens is 1. The fourth-order valence-electron chi connectivity index (χ4n) is 2.38. The van der Waals surface area contributed by atoms with Crippen LogP contribution in [0, 0.1) is 13.8 Å². The summed E-state index contributed by atoms with van der Waals surface area (Å²) >= 11 is 7.48. The third kappa shape index (κ3) is 2.77. The summed E-state index contributed by atoms with van der Waals surface area (Å²) in [5.41, 5.74) is 3.15. The average molecular weight is 332 g/mol. The van der Waals surface area contributed by atoms with Crippen molar-refractivity contribution in [3.8, 4) is 5.13 Å². The number of carbonyl (C=O) groups excluding carboxylic acids is 1. The number of amides is 1. The second-order valence-corrected chi connectivity index (χ2v) is 6.21.